The maximum atomic E-state index is 13.1. The smallest absolute Gasteiger partial charge is 0.238 e. The Labute approximate surface area is 207 Å². The number of rotatable bonds is 9. The number of nitrogens with zero attached hydrogens (tertiary/aromatic N) is 1. The van der Waals surface area contributed by atoms with Gasteiger partial charge in [0.05, 0.1) is 38.2 Å². The quantitative estimate of drug-likeness (QED) is 0.435. The number of hydrogen-bond acceptors (Lipinski definition) is 7. The van der Waals surface area contributed by atoms with Crippen molar-refractivity contribution in [2.24, 2.45) is 5.73 Å². The summed E-state index contributed by atoms with van der Waals surface area (Å²) in [5.74, 6) is 1.03. The van der Waals surface area contributed by atoms with E-state index in [1.165, 1.54) is 22.2 Å². The van der Waals surface area contributed by atoms with Crippen LogP contribution in [0.3, 0.4) is 0 Å². The highest BCUT2D eigenvalue weighted by Gasteiger charge is 2.32. The highest BCUT2D eigenvalue weighted by Crippen LogP contribution is 2.42. The predicted octanol–water partition coefficient (Wildman–Crippen LogP) is 3.93. The summed E-state index contributed by atoms with van der Waals surface area (Å²) in [6, 6.07) is 15.6. The topological polar surface area (TPSA) is 93.9 Å². The molecule has 0 bridgehead atoms. The molecular formula is C25H27N3O4S2. The fourth-order valence-corrected chi connectivity index (χ4v) is 5.79. The predicted molar refractivity (Wildman–Crippen MR) is 136 cm³/mol. The van der Waals surface area contributed by atoms with Gasteiger partial charge >= 0.3 is 0 Å². The SMILES string of the molecule is COc1cc2c(cc1OC)[C@H](c1cccs1)N(CC(=O)Nc1ccccc1SCC(N)=O)CC2. The van der Waals surface area contributed by atoms with Crippen molar-refractivity contribution in [3.63, 3.8) is 0 Å². The van der Waals surface area contributed by atoms with E-state index in [0.717, 1.165) is 23.4 Å². The summed E-state index contributed by atoms with van der Waals surface area (Å²) in [5.41, 5.74) is 8.28. The number of anilines is 1. The van der Waals surface area contributed by atoms with Gasteiger partial charge in [0.15, 0.2) is 11.5 Å². The Bertz CT molecular complexity index is 1170. The van der Waals surface area contributed by atoms with E-state index in [1.54, 1.807) is 25.6 Å². The Morgan fingerprint density at radius 3 is 2.62 bits per heavy atom. The van der Waals surface area contributed by atoms with Crippen LogP contribution in [0.1, 0.15) is 22.0 Å². The van der Waals surface area contributed by atoms with E-state index >= 15 is 0 Å². The van der Waals surface area contributed by atoms with Gasteiger partial charge in [-0.15, -0.1) is 23.1 Å². The van der Waals surface area contributed by atoms with Gasteiger partial charge in [0.1, 0.15) is 0 Å². The van der Waals surface area contributed by atoms with Crippen LogP contribution in [0.5, 0.6) is 11.5 Å². The minimum absolute atomic E-state index is 0.0613. The largest absolute Gasteiger partial charge is 0.493 e. The summed E-state index contributed by atoms with van der Waals surface area (Å²) in [7, 11) is 3.27. The molecule has 178 valence electrons. The first kappa shape index (κ1) is 24.1. The molecule has 1 aliphatic heterocycles. The van der Waals surface area contributed by atoms with Crippen LogP contribution in [-0.2, 0) is 16.0 Å². The lowest BCUT2D eigenvalue weighted by molar-refractivity contribution is -0.118. The van der Waals surface area contributed by atoms with Gasteiger partial charge in [-0.05, 0) is 53.3 Å². The van der Waals surface area contributed by atoms with Crippen LogP contribution in [-0.4, -0.2) is 49.8 Å². The Morgan fingerprint density at radius 1 is 1.15 bits per heavy atom. The number of carbonyl (C=O) groups is 2. The molecule has 0 aliphatic carbocycles. The van der Waals surface area contributed by atoms with E-state index in [4.69, 9.17) is 15.2 Å². The van der Waals surface area contributed by atoms with Gasteiger partial charge in [0.2, 0.25) is 11.8 Å². The number of nitrogens with two attached hydrogens (primary N) is 1. The van der Waals surface area contributed by atoms with Crippen molar-refractivity contribution in [1.82, 2.24) is 4.90 Å². The first-order chi connectivity index (χ1) is 16.5. The number of carbonyl (C=O) groups excluding carboxylic acids is 2. The van der Waals surface area contributed by atoms with E-state index in [9.17, 15) is 9.59 Å². The highest BCUT2D eigenvalue weighted by atomic mass is 32.2. The molecule has 1 aromatic heterocycles. The van der Waals surface area contributed by atoms with Crippen molar-refractivity contribution in [3.8, 4) is 11.5 Å². The third-order valence-electron chi connectivity index (χ3n) is 5.66. The number of amides is 2. The van der Waals surface area contributed by atoms with Crippen LogP contribution in [0, 0.1) is 0 Å². The van der Waals surface area contributed by atoms with Crippen molar-refractivity contribution in [2.75, 3.05) is 38.4 Å². The molecule has 0 unspecified atom stereocenters. The molecule has 0 radical (unpaired) electrons. The number of fused-ring (bicyclic) bond motifs is 1. The van der Waals surface area contributed by atoms with Gasteiger partial charge in [-0.1, -0.05) is 18.2 Å². The average molecular weight is 498 g/mol. The van der Waals surface area contributed by atoms with Gasteiger partial charge in [0.25, 0.3) is 0 Å². The fraction of sp³-hybridized carbons (Fsp3) is 0.280. The molecule has 2 aromatic carbocycles. The van der Waals surface area contributed by atoms with Crippen LogP contribution < -0.4 is 20.5 Å². The number of ether oxygens (including phenoxy) is 2. The third kappa shape index (κ3) is 5.38. The van der Waals surface area contributed by atoms with Gasteiger partial charge in [-0.3, -0.25) is 14.5 Å². The minimum Gasteiger partial charge on any atom is -0.493 e. The summed E-state index contributed by atoms with van der Waals surface area (Å²) in [6.45, 7) is 0.960. The monoisotopic (exact) mass is 497 g/mol. The van der Waals surface area contributed by atoms with Crippen LogP contribution >= 0.6 is 23.1 Å². The molecule has 0 fully saturated rings. The molecule has 9 heteroatoms. The average Bonchev–Trinajstić information content (AvgIpc) is 3.36. The zero-order valence-electron chi connectivity index (χ0n) is 19.1. The van der Waals surface area contributed by atoms with Crippen LogP contribution in [0.4, 0.5) is 5.69 Å². The number of primary amides is 1. The van der Waals surface area contributed by atoms with Crippen molar-refractivity contribution < 1.29 is 19.1 Å². The summed E-state index contributed by atoms with van der Waals surface area (Å²) in [4.78, 5) is 28.5. The van der Waals surface area contributed by atoms with Gasteiger partial charge in [0, 0.05) is 16.3 Å². The molecule has 0 saturated carbocycles. The molecule has 2 heterocycles. The first-order valence-electron chi connectivity index (χ1n) is 10.8. The molecule has 2 amide bonds. The standard InChI is InChI=1S/C25H27N3O4S2/c1-31-19-12-16-9-10-28(25(22-8-5-11-33-22)17(16)13-20(19)32-2)14-24(30)27-18-6-3-4-7-21(18)34-15-23(26)29/h3-8,11-13,25H,9-10,14-15H2,1-2H3,(H2,26,29)(H,27,30)/t25-/m1/s1. The Kier molecular flexibility index (Phi) is 7.77. The van der Waals surface area contributed by atoms with Crippen LogP contribution in [0.15, 0.2) is 58.8 Å². The van der Waals surface area contributed by atoms with E-state index in [-0.39, 0.29) is 24.2 Å². The number of methoxy groups -OCH3 is 2. The molecule has 3 N–H and O–H groups in total. The Hall–Kier alpha value is -3.01. The number of thiophene rings is 1. The molecule has 4 rings (SSSR count). The second-order valence-electron chi connectivity index (χ2n) is 7.84. The van der Waals surface area contributed by atoms with Gasteiger partial charge in [-0.2, -0.15) is 0 Å². The van der Waals surface area contributed by atoms with Crippen molar-refractivity contribution in [3.05, 3.63) is 69.9 Å². The fourth-order valence-electron chi connectivity index (χ4n) is 4.17. The number of nitrogens with one attached hydrogen (secondary N) is 1. The second-order valence-corrected chi connectivity index (χ2v) is 9.84. The highest BCUT2D eigenvalue weighted by molar-refractivity contribution is 8.00. The Morgan fingerprint density at radius 2 is 1.91 bits per heavy atom. The zero-order valence-corrected chi connectivity index (χ0v) is 20.7. The van der Waals surface area contributed by atoms with Gasteiger partial charge in [-0.25, -0.2) is 0 Å². The lowest BCUT2D eigenvalue weighted by Gasteiger charge is -2.37. The number of hydrogen-bond donors (Lipinski definition) is 2. The molecule has 7 nitrogen and oxygen atoms in total. The van der Waals surface area contributed by atoms with E-state index < -0.39 is 5.91 Å². The molecular weight excluding hydrogens is 470 g/mol. The zero-order chi connectivity index (χ0) is 24.1. The summed E-state index contributed by atoms with van der Waals surface area (Å²) in [6.07, 6.45) is 0.801. The summed E-state index contributed by atoms with van der Waals surface area (Å²) >= 11 is 2.98. The number of thioether (sulfide) groups is 1. The molecule has 0 spiro atoms. The maximum absolute atomic E-state index is 13.1. The van der Waals surface area contributed by atoms with E-state index in [2.05, 4.69) is 21.7 Å². The van der Waals surface area contributed by atoms with Crippen molar-refractivity contribution in [2.45, 2.75) is 17.4 Å². The molecule has 34 heavy (non-hydrogen) atoms. The third-order valence-corrected chi connectivity index (χ3v) is 7.68. The lowest BCUT2D eigenvalue weighted by atomic mass is 9.91. The maximum Gasteiger partial charge on any atom is 0.238 e. The Balaban J connectivity index is 1.58. The van der Waals surface area contributed by atoms with Crippen LogP contribution in [0.25, 0.3) is 0 Å². The molecule has 3 aromatic rings. The van der Waals surface area contributed by atoms with Gasteiger partial charge < -0.3 is 20.5 Å². The van der Waals surface area contributed by atoms with E-state index in [1.807, 2.05) is 42.5 Å². The second kappa shape index (κ2) is 10.9. The lowest BCUT2D eigenvalue weighted by Crippen LogP contribution is -2.41. The molecule has 1 atom stereocenters. The first-order valence-corrected chi connectivity index (χ1v) is 12.7. The summed E-state index contributed by atoms with van der Waals surface area (Å²) in [5, 5.41) is 5.07. The summed E-state index contributed by atoms with van der Waals surface area (Å²) < 4.78 is 11.1. The number of benzene rings is 2. The molecule has 1 aliphatic rings. The van der Waals surface area contributed by atoms with Crippen molar-refractivity contribution in [1.29, 1.82) is 0 Å². The minimum atomic E-state index is -0.399. The van der Waals surface area contributed by atoms with E-state index in [0.29, 0.717) is 17.2 Å². The normalized spacial score (nSPS) is 15.4. The van der Waals surface area contributed by atoms with Crippen molar-refractivity contribution >= 4 is 40.6 Å². The van der Waals surface area contributed by atoms with Crippen LogP contribution in [0.2, 0.25) is 0 Å². The number of para-hydroxylation sites is 1. The molecule has 0 saturated heterocycles.